The first-order chi connectivity index (χ1) is 16.0. The number of hydrogen-bond acceptors (Lipinski definition) is 7. The second-order valence-electron chi connectivity index (χ2n) is 6.89. The molecule has 2 aromatic carbocycles. The van der Waals surface area contributed by atoms with E-state index < -0.39 is 5.82 Å². The lowest BCUT2D eigenvalue weighted by molar-refractivity contribution is -0.122. The molecule has 0 atom stereocenters. The van der Waals surface area contributed by atoms with Gasteiger partial charge in [0, 0.05) is 5.56 Å². The van der Waals surface area contributed by atoms with Gasteiger partial charge < -0.3 is 14.3 Å². The van der Waals surface area contributed by atoms with Crippen molar-refractivity contribution in [3.63, 3.8) is 0 Å². The van der Waals surface area contributed by atoms with Gasteiger partial charge in [-0.15, -0.1) is 5.10 Å². The van der Waals surface area contributed by atoms with Crippen LogP contribution in [0.2, 0.25) is 0 Å². The van der Waals surface area contributed by atoms with Gasteiger partial charge >= 0.3 is 0 Å². The molecule has 1 aliphatic rings. The van der Waals surface area contributed by atoms with E-state index in [0.29, 0.717) is 39.3 Å². The summed E-state index contributed by atoms with van der Waals surface area (Å²) in [5, 5.41) is 18.5. The molecule has 3 aromatic rings. The van der Waals surface area contributed by atoms with Crippen LogP contribution in [0, 0.1) is 5.82 Å². The van der Waals surface area contributed by atoms with Crippen LogP contribution >= 0.6 is 11.8 Å². The Kier molecular flexibility index (Phi) is 6.89. The Morgan fingerprint density at radius 3 is 2.82 bits per heavy atom. The average molecular weight is 466 g/mol. The normalized spacial score (nSPS) is 16.4. The summed E-state index contributed by atoms with van der Waals surface area (Å²) in [6, 6.07) is 14.5. The maximum Gasteiger partial charge on any atom is 0.267 e. The number of aromatic hydroxyl groups is 1. The van der Waals surface area contributed by atoms with Gasteiger partial charge in [-0.1, -0.05) is 18.2 Å². The molecule has 0 bridgehead atoms. The Hall–Kier alpha value is -3.85. The molecular formula is C24H20FN3O4S. The third-order valence-electron chi connectivity index (χ3n) is 4.61. The molecule has 0 radical (unpaired) electrons. The number of amides is 1. The Morgan fingerprint density at radius 2 is 2.06 bits per heavy atom. The van der Waals surface area contributed by atoms with Crippen molar-refractivity contribution in [3.8, 4) is 11.5 Å². The molecule has 0 aliphatic carbocycles. The van der Waals surface area contributed by atoms with Gasteiger partial charge in [-0.25, -0.2) is 4.39 Å². The van der Waals surface area contributed by atoms with Gasteiger partial charge in [0.15, 0.2) is 16.7 Å². The zero-order valence-corrected chi connectivity index (χ0v) is 18.5. The maximum absolute atomic E-state index is 14.1. The average Bonchev–Trinajstić information content (AvgIpc) is 3.42. The number of ether oxygens (including phenoxy) is 1. The van der Waals surface area contributed by atoms with Crippen LogP contribution in [0.1, 0.15) is 23.8 Å². The molecule has 7 nitrogen and oxygen atoms in total. The molecule has 1 N–H and O–H groups in total. The molecule has 1 saturated heterocycles. The summed E-state index contributed by atoms with van der Waals surface area (Å²) in [5.74, 6) is 0.209. The number of carbonyl (C=O) groups is 1. The van der Waals surface area contributed by atoms with Crippen LogP contribution in [0.5, 0.6) is 11.5 Å². The highest BCUT2D eigenvalue weighted by atomic mass is 32.2. The summed E-state index contributed by atoms with van der Waals surface area (Å²) in [4.78, 5) is 14.8. The van der Waals surface area contributed by atoms with Crippen molar-refractivity contribution in [1.29, 1.82) is 0 Å². The molecule has 2 heterocycles. The molecule has 9 heteroatoms. The minimum atomic E-state index is -0.420. The summed E-state index contributed by atoms with van der Waals surface area (Å²) in [6.07, 6.45) is 4.51. The fourth-order valence-electron chi connectivity index (χ4n) is 3.04. The summed E-state index contributed by atoms with van der Waals surface area (Å²) >= 11 is 1.10. The topological polar surface area (TPSA) is 87.6 Å². The Balaban J connectivity index is 1.62. The quantitative estimate of drug-likeness (QED) is 0.300. The van der Waals surface area contributed by atoms with Crippen LogP contribution in [-0.2, 0) is 11.3 Å². The molecule has 1 amide bonds. The van der Waals surface area contributed by atoms with E-state index in [0.717, 1.165) is 11.8 Å². The van der Waals surface area contributed by atoms with Crippen LogP contribution in [-0.4, -0.2) is 33.9 Å². The van der Waals surface area contributed by atoms with E-state index in [4.69, 9.17) is 9.15 Å². The van der Waals surface area contributed by atoms with E-state index >= 15 is 0 Å². The third-order valence-corrected chi connectivity index (χ3v) is 5.60. The number of halogens is 1. The lowest BCUT2D eigenvalue weighted by Gasteiger charge is -2.12. The Labute approximate surface area is 193 Å². The van der Waals surface area contributed by atoms with Gasteiger partial charge in [-0.2, -0.15) is 5.10 Å². The standard InChI is InChI=1S/C24H20FN3O4S/c1-2-31-21-12-16(9-10-20(21)29)14-26-27-24-28(15-18-7-5-11-32-18)23(30)22(33-24)13-17-6-3-4-8-19(17)25/h3-14,29H,2,15H2,1H3/b22-13-,26-14+,27-24-. The van der Waals surface area contributed by atoms with E-state index in [1.165, 1.54) is 35.6 Å². The zero-order chi connectivity index (χ0) is 23.2. The van der Waals surface area contributed by atoms with Crippen molar-refractivity contribution in [2.45, 2.75) is 13.5 Å². The molecule has 1 aromatic heterocycles. The van der Waals surface area contributed by atoms with E-state index in [1.807, 2.05) is 6.92 Å². The maximum atomic E-state index is 14.1. The predicted molar refractivity (Wildman–Crippen MR) is 126 cm³/mol. The van der Waals surface area contributed by atoms with Crippen LogP contribution in [0.4, 0.5) is 4.39 Å². The zero-order valence-electron chi connectivity index (χ0n) is 17.6. The third kappa shape index (κ3) is 5.32. The van der Waals surface area contributed by atoms with E-state index in [9.17, 15) is 14.3 Å². The fourth-order valence-corrected chi connectivity index (χ4v) is 3.97. The highest BCUT2D eigenvalue weighted by Gasteiger charge is 2.34. The summed E-state index contributed by atoms with van der Waals surface area (Å²) < 4.78 is 24.8. The fraction of sp³-hybridized carbons (Fsp3) is 0.125. The van der Waals surface area contributed by atoms with Crippen molar-refractivity contribution >= 4 is 35.1 Å². The highest BCUT2D eigenvalue weighted by molar-refractivity contribution is 8.18. The number of hydrogen-bond donors (Lipinski definition) is 1. The van der Waals surface area contributed by atoms with E-state index in [1.54, 1.807) is 42.5 Å². The Bertz CT molecular complexity index is 1240. The monoisotopic (exact) mass is 465 g/mol. The first kappa shape index (κ1) is 22.3. The molecule has 4 rings (SSSR count). The van der Waals surface area contributed by atoms with Crippen molar-refractivity contribution < 1.29 is 23.4 Å². The highest BCUT2D eigenvalue weighted by Crippen LogP contribution is 2.34. The van der Waals surface area contributed by atoms with Crippen LogP contribution in [0.3, 0.4) is 0 Å². The number of amidine groups is 1. The Morgan fingerprint density at radius 1 is 1.21 bits per heavy atom. The predicted octanol–water partition coefficient (Wildman–Crippen LogP) is 5.03. The van der Waals surface area contributed by atoms with Gasteiger partial charge in [0.1, 0.15) is 11.6 Å². The number of rotatable bonds is 7. The largest absolute Gasteiger partial charge is 0.504 e. The smallest absolute Gasteiger partial charge is 0.267 e. The van der Waals surface area contributed by atoms with Gasteiger partial charge in [0.2, 0.25) is 0 Å². The number of phenols is 1. The summed E-state index contributed by atoms with van der Waals surface area (Å²) in [5.41, 5.74) is 0.971. The summed E-state index contributed by atoms with van der Waals surface area (Å²) in [7, 11) is 0. The molecular weight excluding hydrogens is 445 g/mol. The molecule has 1 aliphatic heterocycles. The number of benzene rings is 2. The van der Waals surface area contributed by atoms with Crippen LogP contribution < -0.4 is 4.74 Å². The van der Waals surface area contributed by atoms with Crippen molar-refractivity contribution in [2.75, 3.05) is 6.61 Å². The molecule has 0 saturated carbocycles. The SMILES string of the molecule is CCOc1cc(/C=N/N=C2\S/C(=C\c3ccccc3F)C(=O)N2Cc2ccco2)ccc1O. The molecule has 168 valence electrons. The number of furan rings is 1. The minimum absolute atomic E-state index is 0.0322. The number of thioether (sulfide) groups is 1. The van der Waals surface area contributed by atoms with Gasteiger partial charge in [-0.05, 0) is 66.7 Å². The van der Waals surface area contributed by atoms with Gasteiger partial charge in [0.05, 0.1) is 30.5 Å². The van der Waals surface area contributed by atoms with Crippen LogP contribution in [0.15, 0.2) is 80.4 Å². The first-order valence-electron chi connectivity index (χ1n) is 10.1. The molecule has 0 spiro atoms. The van der Waals surface area contributed by atoms with Crippen molar-refractivity contribution in [2.24, 2.45) is 10.2 Å². The van der Waals surface area contributed by atoms with E-state index in [-0.39, 0.29) is 18.2 Å². The summed E-state index contributed by atoms with van der Waals surface area (Å²) in [6.45, 7) is 2.39. The lowest BCUT2D eigenvalue weighted by atomic mass is 10.2. The minimum Gasteiger partial charge on any atom is -0.504 e. The van der Waals surface area contributed by atoms with E-state index in [2.05, 4.69) is 10.2 Å². The van der Waals surface area contributed by atoms with Crippen LogP contribution in [0.25, 0.3) is 6.08 Å². The second kappa shape index (κ2) is 10.2. The van der Waals surface area contributed by atoms with Gasteiger partial charge in [-0.3, -0.25) is 9.69 Å². The lowest BCUT2D eigenvalue weighted by Crippen LogP contribution is -2.28. The van der Waals surface area contributed by atoms with Crippen molar-refractivity contribution in [3.05, 3.63) is 88.5 Å². The molecule has 1 fully saturated rings. The molecule has 0 unspecified atom stereocenters. The second-order valence-corrected chi connectivity index (χ2v) is 7.90. The number of phenolic OH excluding ortho intramolecular Hbond substituents is 1. The van der Waals surface area contributed by atoms with Gasteiger partial charge in [0.25, 0.3) is 5.91 Å². The molecule has 33 heavy (non-hydrogen) atoms. The number of nitrogens with zero attached hydrogens (tertiary/aromatic N) is 3. The van der Waals surface area contributed by atoms with Crippen molar-refractivity contribution in [1.82, 2.24) is 4.90 Å². The number of carbonyl (C=O) groups excluding carboxylic acids is 1. The first-order valence-corrected chi connectivity index (χ1v) is 10.9.